The molecule has 0 aliphatic carbocycles. The number of hydrogen-bond acceptors (Lipinski definition) is 4. The first kappa shape index (κ1) is 18.3. The molecule has 0 saturated carbocycles. The van der Waals surface area contributed by atoms with Crippen LogP contribution in [-0.2, 0) is 19.6 Å². The van der Waals surface area contributed by atoms with E-state index in [-0.39, 0.29) is 6.03 Å². The van der Waals surface area contributed by atoms with E-state index in [9.17, 15) is 4.79 Å². The Labute approximate surface area is 154 Å². The monoisotopic (exact) mass is 357 g/mol. The van der Waals surface area contributed by atoms with Crippen LogP contribution in [0.1, 0.15) is 25.2 Å². The van der Waals surface area contributed by atoms with Crippen LogP contribution in [-0.4, -0.2) is 40.9 Å². The zero-order valence-electron chi connectivity index (χ0n) is 15.7. The molecule has 26 heavy (non-hydrogen) atoms. The molecular formula is C19H27N5O2. The van der Waals surface area contributed by atoms with Crippen molar-refractivity contribution < 1.29 is 9.53 Å². The molecule has 1 aliphatic heterocycles. The molecule has 0 bridgehead atoms. The number of ether oxygens (including phenoxy) is 1. The zero-order chi connectivity index (χ0) is 18.5. The minimum absolute atomic E-state index is 0.276. The number of rotatable bonds is 6. The number of nitrogens with one attached hydrogen (secondary N) is 2. The maximum absolute atomic E-state index is 12.1. The smallest absolute Gasteiger partial charge is 0.319 e. The van der Waals surface area contributed by atoms with Gasteiger partial charge < -0.3 is 15.4 Å². The van der Waals surface area contributed by atoms with E-state index in [0.29, 0.717) is 23.9 Å². The molecule has 1 aromatic carbocycles. The quantitative estimate of drug-likeness (QED) is 0.834. The van der Waals surface area contributed by atoms with E-state index in [1.165, 1.54) is 5.69 Å². The highest BCUT2D eigenvalue weighted by Gasteiger charge is 2.19. The summed E-state index contributed by atoms with van der Waals surface area (Å²) in [6.07, 6.45) is 0. The molecule has 0 saturated heterocycles. The Kier molecular flexibility index (Phi) is 5.78. The Bertz CT molecular complexity index is 756. The number of amides is 2. The Morgan fingerprint density at radius 3 is 2.88 bits per heavy atom. The molecule has 0 radical (unpaired) electrons. The van der Waals surface area contributed by atoms with Crippen molar-refractivity contribution in [3.8, 4) is 5.75 Å². The second-order valence-electron chi connectivity index (χ2n) is 6.99. The van der Waals surface area contributed by atoms with Gasteiger partial charge in [-0.25, -0.2) is 4.79 Å². The fourth-order valence-corrected chi connectivity index (χ4v) is 3.22. The molecule has 7 nitrogen and oxygen atoms in total. The van der Waals surface area contributed by atoms with Crippen molar-refractivity contribution in [1.82, 2.24) is 20.0 Å². The zero-order valence-corrected chi connectivity index (χ0v) is 15.7. The summed E-state index contributed by atoms with van der Waals surface area (Å²) in [5, 5.41) is 10.3. The van der Waals surface area contributed by atoms with Crippen LogP contribution in [0.4, 0.5) is 10.5 Å². The summed E-state index contributed by atoms with van der Waals surface area (Å²) in [6.45, 7) is 8.80. The molecule has 0 spiro atoms. The van der Waals surface area contributed by atoms with Gasteiger partial charge in [0, 0.05) is 19.6 Å². The number of fused-ring (bicyclic) bond motifs is 1. The van der Waals surface area contributed by atoms with Crippen molar-refractivity contribution >= 4 is 11.7 Å². The molecule has 7 heteroatoms. The minimum Gasteiger partial charge on any atom is -0.495 e. The van der Waals surface area contributed by atoms with Crippen LogP contribution in [0.3, 0.4) is 0 Å². The topological polar surface area (TPSA) is 71.4 Å². The van der Waals surface area contributed by atoms with Crippen LogP contribution in [0.2, 0.25) is 0 Å². The number of anilines is 1. The van der Waals surface area contributed by atoms with Crippen molar-refractivity contribution in [2.24, 2.45) is 5.92 Å². The van der Waals surface area contributed by atoms with Gasteiger partial charge in [0.2, 0.25) is 0 Å². The number of carbonyl (C=O) groups excluding carboxylic acids is 1. The average Bonchev–Trinajstić information content (AvgIpc) is 3.02. The lowest BCUT2D eigenvalue weighted by molar-refractivity contribution is 0.192. The lowest BCUT2D eigenvalue weighted by atomic mass is 10.2. The summed E-state index contributed by atoms with van der Waals surface area (Å²) < 4.78 is 7.29. The molecule has 1 aliphatic rings. The van der Waals surface area contributed by atoms with E-state index in [1.54, 1.807) is 13.2 Å². The highest BCUT2D eigenvalue weighted by atomic mass is 16.5. The Morgan fingerprint density at radius 2 is 2.12 bits per heavy atom. The standard InChI is InChI=1S/C19H27N5O2/c1-14(2)12-23-8-9-24-16(13-23)10-15(22-24)11-20-19(25)21-17-6-4-5-7-18(17)26-3/h4-7,10,14H,8-9,11-13H2,1-3H3,(H2,20,21,25). The fraction of sp³-hybridized carbons (Fsp3) is 0.474. The normalized spacial score (nSPS) is 14.2. The van der Waals surface area contributed by atoms with Crippen molar-refractivity contribution in [3.05, 3.63) is 41.7 Å². The number of hydrogen-bond donors (Lipinski definition) is 2. The number of carbonyl (C=O) groups is 1. The second kappa shape index (κ2) is 8.23. The first-order chi connectivity index (χ1) is 12.5. The summed E-state index contributed by atoms with van der Waals surface area (Å²) in [7, 11) is 1.58. The van der Waals surface area contributed by atoms with Gasteiger partial charge in [-0.15, -0.1) is 0 Å². The van der Waals surface area contributed by atoms with Crippen molar-refractivity contribution in [1.29, 1.82) is 0 Å². The van der Waals surface area contributed by atoms with Crippen molar-refractivity contribution in [3.63, 3.8) is 0 Å². The van der Waals surface area contributed by atoms with Gasteiger partial charge in [-0.3, -0.25) is 9.58 Å². The molecule has 1 aromatic heterocycles. The third-order valence-electron chi connectivity index (χ3n) is 4.34. The molecule has 0 atom stereocenters. The van der Waals surface area contributed by atoms with E-state index < -0.39 is 0 Å². The number of urea groups is 1. The van der Waals surface area contributed by atoms with Gasteiger partial charge in [-0.1, -0.05) is 26.0 Å². The van der Waals surface area contributed by atoms with Gasteiger partial charge in [0.15, 0.2) is 0 Å². The Hall–Kier alpha value is -2.54. The van der Waals surface area contributed by atoms with Crippen LogP contribution < -0.4 is 15.4 Å². The maximum atomic E-state index is 12.1. The summed E-state index contributed by atoms with van der Waals surface area (Å²) in [5.41, 5.74) is 2.72. The third kappa shape index (κ3) is 4.54. The van der Waals surface area contributed by atoms with Gasteiger partial charge >= 0.3 is 6.03 Å². The number of methoxy groups -OCH3 is 1. The minimum atomic E-state index is -0.276. The molecule has 3 rings (SSSR count). The van der Waals surface area contributed by atoms with E-state index in [1.807, 2.05) is 22.9 Å². The maximum Gasteiger partial charge on any atom is 0.319 e. The van der Waals surface area contributed by atoms with E-state index >= 15 is 0 Å². The van der Waals surface area contributed by atoms with Gasteiger partial charge in [-0.05, 0) is 24.1 Å². The van der Waals surface area contributed by atoms with Crippen molar-refractivity contribution in [2.75, 3.05) is 25.5 Å². The number of benzene rings is 1. The predicted molar refractivity (Wildman–Crippen MR) is 101 cm³/mol. The number of nitrogens with zero attached hydrogens (tertiary/aromatic N) is 3. The van der Waals surface area contributed by atoms with Gasteiger partial charge in [0.05, 0.1) is 37.3 Å². The number of para-hydroxylation sites is 2. The molecule has 0 fully saturated rings. The van der Waals surface area contributed by atoms with Crippen LogP contribution in [0, 0.1) is 5.92 Å². The van der Waals surface area contributed by atoms with Gasteiger partial charge in [-0.2, -0.15) is 5.10 Å². The summed E-state index contributed by atoms with van der Waals surface area (Å²) in [5.74, 6) is 1.29. The first-order valence-electron chi connectivity index (χ1n) is 9.01. The lowest BCUT2D eigenvalue weighted by Gasteiger charge is -2.28. The molecular weight excluding hydrogens is 330 g/mol. The second-order valence-corrected chi connectivity index (χ2v) is 6.99. The van der Waals surface area contributed by atoms with Crippen LogP contribution in [0.15, 0.2) is 30.3 Å². The number of aromatic nitrogens is 2. The van der Waals surface area contributed by atoms with E-state index in [0.717, 1.165) is 31.9 Å². The van der Waals surface area contributed by atoms with Crippen LogP contribution in [0.5, 0.6) is 5.75 Å². The van der Waals surface area contributed by atoms with Crippen LogP contribution in [0.25, 0.3) is 0 Å². The largest absolute Gasteiger partial charge is 0.495 e. The Morgan fingerprint density at radius 1 is 1.31 bits per heavy atom. The highest BCUT2D eigenvalue weighted by molar-refractivity contribution is 5.90. The van der Waals surface area contributed by atoms with Crippen molar-refractivity contribution in [2.45, 2.75) is 33.5 Å². The molecule has 2 N–H and O–H groups in total. The summed E-state index contributed by atoms with van der Waals surface area (Å²) in [6, 6.07) is 9.13. The molecule has 2 aromatic rings. The lowest BCUT2D eigenvalue weighted by Crippen LogP contribution is -2.36. The molecule has 0 unspecified atom stereocenters. The summed E-state index contributed by atoms with van der Waals surface area (Å²) in [4.78, 5) is 14.6. The molecule has 2 amide bonds. The highest BCUT2D eigenvalue weighted by Crippen LogP contribution is 2.22. The molecule has 2 heterocycles. The Balaban J connectivity index is 1.54. The summed E-state index contributed by atoms with van der Waals surface area (Å²) >= 11 is 0. The fourth-order valence-electron chi connectivity index (χ4n) is 3.22. The van der Waals surface area contributed by atoms with Gasteiger partial charge in [0.25, 0.3) is 0 Å². The van der Waals surface area contributed by atoms with Gasteiger partial charge in [0.1, 0.15) is 5.75 Å². The third-order valence-corrected chi connectivity index (χ3v) is 4.34. The van der Waals surface area contributed by atoms with E-state index in [4.69, 9.17) is 4.74 Å². The van der Waals surface area contributed by atoms with E-state index in [2.05, 4.69) is 40.5 Å². The first-order valence-corrected chi connectivity index (χ1v) is 9.01. The molecule has 140 valence electrons. The van der Waals surface area contributed by atoms with Crippen LogP contribution >= 0.6 is 0 Å². The SMILES string of the molecule is COc1ccccc1NC(=O)NCc1cc2n(n1)CCN(CC(C)C)C2. The average molecular weight is 357 g/mol. The predicted octanol–water partition coefficient (Wildman–Crippen LogP) is 2.69.